The maximum atomic E-state index is 2.77. The van der Waals surface area contributed by atoms with Crippen LogP contribution in [-0.4, -0.2) is 48.6 Å². The van der Waals surface area contributed by atoms with Gasteiger partial charge in [-0.25, -0.2) is 0 Å². The van der Waals surface area contributed by atoms with Crippen molar-refractivity contribution in [3.63, 3.8) is 0 Å². The fourth-order valence-corrected chi connectivity index (χ4v) is 4.52. The molecule has 1 aliphatic carbocycles. The Balaban J connectivity index is 1.38. The van der Waals surface area contributed by atoms with Gasteiger partial charge in [-0.15, -0.1) is 0 Å². The van der Waals surface area contributed by atoms with Gasteiger partial charge in [0.25, 0.3) is 0 Å². The zero-order valence-corrected chi connectivity index (χ0v) is 16.5. The van der Waals surface area contributed by atoms with Gasteiger partial charge in [-0.2, -0.15) is 0 Å². The summed E-state index contributed by atoms with van der Waals surface area (Å²) in [6.45, 7) is 13.3. The molecule has 0 amide bonds. The predicted octanol–water partition coefficient (Wildman–Crippen LogP) is 4.92. The normalized spacial score (nSPS) is 27.0. The molecule has 3 rings (SSSR count). The van der Waals surface area contributed by atoms with Crippen LogP contribution in [0.25, 0.3) is 6.08 Å². The largest absolute Gasteiger partial charge is 0.298 e. The van der Waals surface area contributed by atoms with E-state index < -0.39 is 0 Å². The summed E-state index contributed by atoms with van der Waals surface area (Å²) in [6.07, 6.45) is 10.2. The molecule has 0 atom stereocenters. The first-order chi connectivity index (χ1) is 12.0. The van der Waals surface area contributed by atoms with Crippen LogP contribution in [0.2, 0.25) is 0 Å². The fourth-order valence-electron chi connectivity index (χ4n) is 4.52. The van der Waals surface area contributed by atoms with Crippen molar-refractivity contribution in [1.82, 2.24) is 9.80 Å². The molecule has 138 valence electrons. The molecular formula is C23H36N2. The van der Waals surface area contributed by atoms with Crippen molar-refractivity contribution in [2.45, 2.75) is 52.5 Å². The van der Waals surface area contributed by atoms with Crippen molar-refractivity contribution in [3.05, 3.63) is 42.0 Å². The van der Waals surface area contributed by atoms with Gasteiger partial charge in [0.1, 0.15) is 0 Å². The summed E-state index contributed by atoms with van der Waals surface area (Å²) in [7, 11) is 0. The highest BCUT2D eigenvalue weighted by molar-refractivity contribution is 5.48. The second-order valence-electron chi connectivity index (χ2n) is 9.02. The lowest BCUT2D eigenvalue weighted by atomic mass is 9.71. The SMILES string of the molecule is CC(C)(C)C1CCC(N2CCN(C/C=C/c3ccccc3)CC2)CC1. The molecule has 0 unspecified atom stereocenters. The average molecular weight is 341 g/mol. The lowest BCUT2D eigenvalue weighted by molar-refractivity contribution is 0.0579. The predicted molar refractivity (Wildman–Crippen MR) is 109 cm³/mol. The first-order valence-electron chi connectivity index (χ1n) is 10.2. The molecule has 0 aromatic heterocycles. The van der Waals surface area contributed by atoms with Gasteiger partial charge in [0, 0.05) is 38.8 Å². The van der Waals surface area contributed by atoms with E-state index >= 15 is 0 Å². The van der Waals surface area contributed by atoms with Crippen molar-refractivity contribution in [1.29, 1.82) is 0 Å². The number of nitrogens with zero attached hydrogens (tertiary/aromatic N) is 2. The summed E-state index contributed by atoms with van der Waals surface area (Å²) >= 11 is 0. The zero-order valence-electron chi connectivity index (χ0n) is 16.5. The molecular weight excluding hydrogens is 304 g/mol. The van der Waals surface area contributed by atoms with Crippen molar-refractivity contribution in [2.75, 3.05) is 32.7 Å². The zero-order chi connectivity index (χ0) is 17.7. The van der Waals surface area contributed by atoms with E-state index in [2.05, 4.69) is 73.1 Å². The Hall–Kier alpha value is -1.12. The standard InChI is InChI=1S/C23H36N2/c1-23(2,3)21-11-13-22(14-12-21)25-18-16-24(17-19-25)15-7-10-20-8-5-4-6-9-20/h4-10,21-22H,11-19H2,1-3H3/b10-7+. The van der Waals surface area contributed by atoms with Crippen molar-refractivity contribution < 1.29 is 0 Å². The average Bonchev–Trinajstić information content (AvgIpc) is 2.63. The van der Waals surface area contributed by atoms with Gasteiger partial charge in [0.05, 0.1) is 0 Å². The van der Waals surface area contributed by atoms with Gasteiger partial charge in [0.15, 0.2) is 0 Å². The summed E-state index contributed by atoms with van der Waals surface area (Å²) in [5, 5.41) is 0. The third-order valence-electron chi connectivity index (χ3n) is 6.32. The second-order valence-corrected chi connectivity index (χ2v) is 9.02. The topological polar surface area (TPSA) is 6.48 Å². The van der Waals surface area contributed by atoms with Crippen molar-refractivity contribution >= 4 is 6.08 Å². The number of hydrogen-bond acceptors (Lipinski definition) is 2. The van der Waals surface area contributed by atoms with Crippen LogP contribution in [0.4, 0.5) is 0 Å². The van der Waals surface area contributed by atoms with Crippen molar-refractivity contribution in [2.24, 2.45) is 11.3 Å². The molecule has 0 radical (unpaired) electrons. The maximum Gasteiger partial charge on any atom is 0.0167 e. The highest BCUT2D eigenvalue weighted by Crippen LogP contribution is 2.39. The van der Waals surface area contributed by atoms with E-state index in [9.17, 15) is 0 Å². The molecule has 2 nitrogen and oxygen atoms in total. The monoisotopic (exact) mass is 340 g/mol. The quantitative estimate of drug-likeness (QED) is 0.767. The molecule has 1 saturated carbocycles. The molecule has 1 heterocycles. The number of benzene rings is 1. The highest BCUT2D eigenvalue weighted by atomic mass is 15.3. The Kier molecular flexibility index (Phi) is 6.35. The van der Waals surface area contributed by atoms with Gasteiger partial charge in [-0.05, 0) is 42.6 Å². The van der Waals surface area contributed by atoms with Crippen LogP contribution in [0.3, 0.4) is 0 Å². The summed E-state index contributed by atoms with van der Waals surface area (Å²) in [5.41, 5.74) is 1.80. The third kappa shape index (κ3) is 5.43. The van der Waals surface area contributed by atoms with Crippen LogP contribution in [0.5, 0.6) is 0 Å². The van der Waals surface area contributed by atoms with E-state index in [0.717, 1.165) is 18.5 Å². The smallest absolute Gasteiger partial charge is 0.0167 e. The summed E-state index contributed by atoms with van der Waals surface area (Å²) in [5.74, 6) is 0.924. The van der Waals surface area contributed by atoms with Crippen LogP contribution in [0.15, 0.2) is 36.4 Å². The molecule has 2 heteroatoms. The minimum atomic E-state index is 0.495. The van der Waals surface area contributed by atoms with E-state index in [0.29, 0.717) is 5.41 Å². The summed E-state index contributed by atoms with van der Waals surface area (Å²) in [4.78, 5) is 5.37. The first-order valence-corrected chi connectivity index (χ1v) is 10.2. The van der Waals surface area contributed by atoms with Crippen LogP contribution in [0, 0.1) is 11.3 Å². The summed E-state index contributed by atoms with van der Waals surface area (Å²) < 4.78 is 0. The molecule has 2 fully saturated rings. The maximum absolute atomic E-state index is 2.77. The molecule has 0 N–H and O–H groups in total. The minimum Gasteiger partial charge on any atom is -0.298 e. The molecule has 1 aliphatic heterocycles. The molecule has 25 heavy (non-hydrogen) atoms. The van der Waals surface area contributed by atoms with Crippen LogP contribution in [0.1, 0.15) is 52.0 Å². The van der Waals surface area contributed by atoms with Crippen LogP contribution >= 0.6 is 0 Å². The van der Waals surface area contributed by atoms with E-state index in [1.807, 2.05) is 0 Å². The first kappa shape index (κ1) is 18.7. The van der Waals surface area contributed by atoms with Crippen LogP contribution in [-0.2, 0) is 0 Å². The van der Waals surface area contributed by atoms with Gasteiger partial charge in [-0.1, -0.05) is 63.3 Å². The second kappa shape index (κ2) is 8.51. The fraction of sp³-hybridized carbons (Fsp3) is 0.652. The Bertz CT molecular complexity index is 527. The van der Waals surface area contributed by atoms with Gasteiger partial charge >= 0.3 is 0 Å². The van der Waals surface area contributed by atoms with E-state index in [-0.39, 0.29) is 0 Å². The molecule has 1 saturated heterocycles. The molecule has 0 bridgehead atoms. The number of piperazine rings is 1. The minimum absolute atomic E-state index is 0.495. The third-order valence-corrected chi connectivity index (χ3v) is 6.32. The molecule has 1 aromatic carbocycles. The Morgan fingerprint density at radius 2 is 1.56 bits per heavy atom. The lowest BCUT2D eigenvalue weighted by Crippen LogP contribution is -2.51. The number of hydrogen-bond donors (Lipinski definition) is 0. The Morgan fingerprint density at radius 3 is 2.16 bits per heavy atom. The van der Waals surface area contributed by atoms with Crippen LogP contribution < -0.4 is 0 Å². The number of rotatable bonds is 4. The van der Waals surface area contributed by atoms with E-state index in [1.54, 1.807) is 0 Å². The van der Waals surface area contributed by atoms with Crippen molar-refractivity contribution in [3.8, 4) is 0 Å². The van der Waals surface area contributed by atoms with E-state index in [1.165, 1.54) is 57.4 Å². The molecule has 0 spiro atoms. The van der Waals surface area contributed by atoms with Gasteiger partial charge < -0.3 is 0 Å². The van der Waals surface area contributed by atoms with Gasteiger partial charge in [-0.3, -0.25) is 9.80 Å². The lowest BCUT2D eigenvalue weighted by Gasteiger charge is -2.44. The van der Waals surface area contributed by atoms with E-state index in [4.69, 9.17) is 0 Å². The highest BCUT2D eigenvalue weighted by Gasteiger charge is 2.32. The summed E-state index contributed by atoms with van der Waals surface area (Å²) in [6, 6.07) is 11.5. The Morgan fingerprint density at radius 1 is 0.920 bits per heavy atom. The molecule has 1 aromatic rings. The Labute approximate surface area is 154 Å². The molecule has 2 aliphatic rings. The van der Waals surface area contributed by atoms with Gasteiger partial charge in [0.2, 0.25) is 0 Å².